The first-order valence-electron chi connectivity index (χ1n) is 5.79. The maximum atomic E-state index is 2.45. The van der Waals surface area contributed by atoms with Gasteiger partial charge in [-0.2, -0.15) is 0 Å². The lowest BCUT2D eigenvalue weighted by atomic mass is 9.80. The predicted molar refractivity (Wildman–Crippen MR) is 62.6 cm³/mol. The van der Waals surface area contributed by atoms with Gasteiger partial charge in [-0.3, -0.25) is 0 Å². The van der Waals surface area contributed by atoms with Gasteiger partial charge in [0, 0.05) is 19.8 Å². The molecule has 1 aromatic carbocycles. The molecule has 15 heavy (non-hydrogen) atoms. The summed E-state index contributed by atoms with van der Waals surface area (Å²) in [5, 5.41) is 0. The van der Waals surface area contributed by atoms with E-state index in [-0.39, 0.29) is 0 Å². The molecular formula is C14H18N+. The lowest BCUT2D eigenvalue weighted by Crippen LogP contribution is -2.32. The summed E-state index contributed by atoms with van der Waals surface area (Å²) in [6.07, 6.45) is 6.39. The fraction of sp³-hybridized carbons (Fsp3) is 0.500. The lowest BCUT2D eigenvalue weighted by molar-refractivity contribution is -0.568. The average Bonchev–Trinajstić information content (AvgIpc) is 2.71. The van der Waals surface area contributed by atoms with Gasteiger partial charge in [0.15, 0.2) is 11.8 Å². The maximum Gasteiger partial charge on any atom is 0.160 e. The molecule has 2 unspecified atom stereocenters. The van der Waals surface area contributed by atoms with E-state index >= 15 is 0 Å². The number of rotatable bonds is 1. The van der Waals surface area contributed by atoms with Crippen molar-refractivity contribution in [3.8, 4) is 0 Å². The molecule has 0 saturated heterocycles. The summed E-state index contributed by atoms with van der Waals surface area (Å²) < 4.78 is 2.43. The molecule has 0 radical (unpaired) electrons. The van der Waals surface area contributed by atoms with Crippen molar-refractivity contribution in [3.05, 3.63) is 35.9 Å². The van der Waals surface area contributed by atoms with E-state index < -0.39 is 0 Å². The minimum atomic E-state index is 0.338. The van der Waals surface area contributed by atoms with E-state index in [2.05, 4.69) is 55.1 Å². The standard InChI is InChI=1S/C14H18N/c1-13-8-9-14(10-13,11-15(13)2)12-6-4-3-5-7-12/h3-7,11H,8-10H2,1-2H3/q+1. The quantitative estimate of drug-likeness (QED) is 0.613. The number of fused-ring (bicyclic) bond motifs is 2. The van der Waals surface area contributed by atoms with Crippen LogP contribution in [-0.2, 0) is 5.41 Å². The summed E-state index contributed by atoms with van der Waals surface area (Å²) >= 11 is 0. The largest absolute Gasteiger partial charge is 0.236 e. The van der Waals surface area contributed by atoms with Crippen LogP contribution >= 0.6 is 0 Å². The molecule has 0 aromatic heterocycles. The van der Waals surface area contributed by atoms with Crippen LogP contribution in [0.2, 0.25) is 0 Å². The van der Waals surface area contributed by atoms with Crippen molar-refractivity contribution in [1.29, 1.82) is 0 Å². The molecule has 0 spiro atoms. The summed E-state index contributed by atoms with van der Waals surface area (Å²) in [7, 11) is 2.23. The Kier molecular flexibility index (Phi) is 1.66. The van der Waals surface area contributed by atoms with E-state index in [0.29, 0.717) is 11.0 Å². The highest BCUT2D eigenvalue weighted by Gasteiger charge is 2.58. The van der Waals surface area contributed by atoms with Crippen LogP contribution in [0.25, 0.3) is 0 Å². The van der Waals surface area contributed by atoms with Crippen molar-refractivity contribution in [2.75, 3.05) is 7.05 Å². The molecule has 1 aliphatic carbocycles. The molecule has 0 N–H and O–H groups in total. The second-order valence-electron chi connectivity index (χ2n) is 5.44. The van der Waals surface area contributed by atoms with Crippen LogP contribution in [0.15, 0.2) is 30.3 Å². The van der Waals surface area contributed by atoms with Crippen LogP contribution in [0.5, 0.6) is 0 Å². The zero-order valence-electron chi connectivity index (χ0n) is 9.53. The van der Waals surface area contributed by atoms with Crippen molar-refractivity contribution < 1.29 is 4.58 Å². The Morgan fingerprint density at radius 1 is 1.13 bits per heavy atom. The fourth-order valence-electron chi connectivity index (χ4n) is 3.38. The van der Waals surface area contributed by atoms with Crippen molar-refractivity contribution >= 4 is 6.21 Å². The molecule has 1 saturated carbocycles. The van der Waals surface area contributed by atoms with Gasteiger partial charge in [-0.1, -0.05) is 30.3 Å². The van der Waals surface area contributed by atoms with Crippen molar-refractivity contribution in [2.24, 2.45) is 0 Å². The van der Waals surface area contributed by atoms with Gasteiger partial charge in [-0.05, 0) is 12.0 Å². The molecule has 2 aliphatic rings. The summed E-state index contributed by atoms with van der Waals surface area (Å²) in [5.74, 6) is 0. The Labute approximate surface area is 91.4 Å². The van der Waals surface area contributed by atoms with Crippen molar-refractivity contribution in [3.63, 3.8) is 0 Å². The Balaban J connectivity index is 2.09. The van der Waals surface area contributed by atoms with Gasteiger partial charge in [0.05, 0.1) is 5.41 Å². The number of hydrogen-bond acceptors (Lipinski definition) is 0. The van der Waals surface area contributed by atoms with E-state index in [9.17, 15) is 0 Å². The lowest BCUT2D eigenvalue weighted by Gasteiger charge is -2.19. The Bertz CT molecular complexity index is 420. The van der Waals surface area contributed by atoms with Gasteiger partial charge >= 0.3 is 0 Å². The van der Waals surface area contributed by atoms with Gasteiger partial charge < -0.3 is 0 Å². The highest BCUT2D eigenvalue weighted by Crippen LogP contribution is 2.50. The Morgan fingerprint density at radius 2 is 1.87 bits per heavy atom. The Hall–Kier alpha value is -1.11. The number of nitrogens with zero attached hydrogens (tertiary/aromatic N) is 1. The maximum absolute atomic E-state index is 2.45. The van der Waals surface area contributed by atoms with E-state index in [4.69, 9.17) is 0 Å². The monoisotopic (exact) mass is 200 g/mol. The summed E-state index contributed by atoms with van der Waals surface area (Å²) in [4.78, 5) is 0. The minimum absolute atomic E-state index is 0.338. The fourth-order valence-corrected chi connectivity index (χ4v) is 3.38. The molecule has 0 amide bonds. The summed E-state index contributed by atoms with van der Waals surface area (Å²) in [6.45, 7) is 2.39. The van der Waals surface area contributed by atoms with Gasteiger partial charge in [-0.15, -0.1) is 0 Å². The summed E-state index contributed by atoms with van der Waals surface area (Å²) in [6, 6.07) is 11.0. The second kappa shape index (κ2) is 2.72. The topological polar surface area (TPSA) is 3.01 Å². The van der Waals surface area contributed by atoms with Crippen LogP contribution in [0, 0.1) is 0 Å². The molecule has 1 aromatic rings. The van der Waals surface area contributed by atoms with Crippen LogP contribution in [0.1, 0.15) is 31.7 Å². The SMILES string of the molecule is C[N+]1=CC2(c3ccccc3)CCC1(C)C2. The minimum Gasteiger partial charge on any atom is -0.236 e. The number of benzene rings is 1. The third-order valence-electron chi connectivity index (χ3n) is 4.45. The molecule has 1 aliphatic heterocycles. The second-order valence-corrected chi connectivity index (χ2v) is 5.44. The Morgan fingerprint density at radius 3 is 2.40 bits per heavy atom. The third kappa shape index (κ3) is 1.12. The molecule has 1 nitrogen and oxygen atoms in total. The highest BCUT2D eigenvalue weighted by molar-refractivity contribution is 5.73. The first kappa shape index (κ1) is 9.14. The smallest absolute Gasteiger partial charge is 0.160 e. The van der Waals surface area contributed by atoms with Gasteiger partial charge in [0.1, 0.15) is 7.05 Å². The molecule has 3 rings (SSSR count). The van der Waals surface area contributed by atoms with E-state index in [0.717, 1.165) is 0 Å². The normalized spacial score (nSPS) is 38.1. The van der Waals surface area contributed by atoms with E-state index in [1.165, 1.54) is 24.8 Å². The van der Waals surface area contributed by atoms with Crippen molar-refractivity contribution in [2.45, 2.75) is 37.1 Å². The van der Waals surface area contributed by atoms with Gasteiger partial charge in [0.2, 0.25) is 0 Å². The molecule has 78 valence electrons. The van der Waals surface area contributed by atoms with E-state index in [1.807, 2.05) is 0 Å². The zero-order valence-corrected chi connectivity index (χ0v) is 9.53. The predicted octanol–water partition coefficient (Wildman–Crippen LogP) is 2.59. The first-order chi connectivity index (χ1) is 7.15. The van der Waals surface area contributed by atoms with Crippen LogP contribution in [0.3, 0.4) is 0 Å². The molecular weight excluding hydrogens is 182 g/mol. The van der Waals surface area contributed by atoms with Gasteiger partial charge in [0.25, 0.3) is 0 Å². The zero-order chi connectivity index (χ0) is 10.5. The van der Waals surface area contributed by atoms with Crippen LogP contribution < -0.4 is 0 Å². The molecule has 1 fully saturated rings. The molecule has 2 atom stereocenters. The molecule has 1 heterocycles. The summed E-state index contributed by atoms with van der Waals surface area (Å²) in [5.41, 5.74) is 2.25. The number of hydrogen-bond donors (Lipinski definition) is 0. The van der Waals surface area contributed by atoms with E-state index in [1.54, 1.807) is 0 Å². The van der Waals surface area contributed by atoms with Gasteiger partial charge in [-0.25, -0.2) is 4.58 Å². The van der Waals surface area contributed by atoms with Crippen LogP contribution in [-0.4, -0.2) is 23.4 Å². The first-order valence-corrected chi connectivity index (χ1v) is 5.79. The van der Waals surface area contributed by atoms with Crippen molar-refractivity contribution in [1.82, 2.24) is 0 Å². The average molecular weight is 200 g/mol. The molecule has 2 bridgehead atoms. The third-order valence-corrected chi connectivity index (χ3v) is 4.45. The van der Waals surface area contributed by atoms with Crippen LogP contribution in [0.4, 0.5) is 0 Å². The molecule has 1 heteroatoms. The highest BCUT2D eigenvalue weighted by atomic mass is 15.1.